The van der Waals surface area contributed by atoms with E-state index in [2.05, 4.69) is 11.2 Å². The van der Waals surface area contributed by atoms with Crippen molar-refractivity contribution in [2.75, 3.05) is 13.1 Å². The Balaban J connectivity index is 3.16. The molecule has 86 valence electrons. The summed E-state index contributed by atoms with van der Waals surface area (Å²) in [7, 11) is 0. The lowest BCUT2D eigenvalue weighted by molar-refractivity contribution is -0.121. The van der Waals surface area contributed by atoms with Crippen molar-refractivity contribution >= 4 is 5.91 Å². The highest BCUT2D eigenvalue weighted by molar-refractivity contribution is 5.75. The van der Waals surface area contributed by atoms with Crippen LogP contribution < -0.4 is 11.1 Å². The lowest BCUT2D eigenvalue weighted by Gasteiger charge is -2.03. The van der Waals surface area contributed by atoms with Crippen LogP contribution in [-0.2, 0) is 4.79 Å². The maximum atomic E-state index is 11.3. The minimum absolute atomic E-state index is 0.146. The van der Waals surface area contributed by atoms with Crippen LogP contribution in [0.15, 0.2) is 0 Å². The molecule has 15 heavy (non-hydrogen) atoms. The predicted octanol–water partition coefficient (Wildman–Crippen LogP) is 1.43. The molecule has 0 radical (unpaired) electrons. The minimum atomic E-state index is 0.146. The van der Waals surface area contributed by atoms with Crippen LogP contribution in [0.1, 0.15) is 44.9 Å². The summed E-state index contributed by atoms with van der Waals surface area (Å²) in [5.41, 5.74) is 5.36. The first-order valence-electron chi connectivity index (χ1n) is 5.71. The zero-order chi connectivity index (χ0) is 11.4. The van der Waals surface area contributed by atoms with E-state index < -0.39 is 0 Å². The fraction of sp³-hybridized carbons (Fsp3) is 0.750. The third-order valence-electron chi connectivity index (χ3n) is 2.18. The third-order valence-corrected chi connectivity index (χ3v) is 2.18. The maximum absolute atomic E-state index is 11.3. The van der Waals surface area contributed by atoms with Gasteiger partial charge in [-0.2, -0.15) is 0 Å². The van der Waals surface area contributed by atoms with Gasteiger partial charge in [-0.05, 0) is 32.2 Å². The van der Waals surface area contributed by atoms with Crippen LogP contribution in [0, 0.1) is 12.3 Å². The van der Waals surface area contributed by atoms with E-state index in [1.54, 1.807) is 0 Å². The molecule has 0 fully saturated rings. The number of carbonyl (C=O) groups is 1. The van der Waals surface area contributed by atoms with Crippen LogP contribution in [0.3, 0.4) is 0 Å². The van der Waals surface area contributed by atoms with Gasteiger partial charge in [-0.25, -0.2) is 0 Å². The number of amides is 1. The van der Waals surface area contributed by atoms with Gasteiger partial charge in [0.1, 0.15) is 0 Å². The summed E-state index contributed by atoms with van der Waals surface area (Å²) in [5.74, 6) is 2.73. The molecule has 3 heteroatoms. The van der Waals surface area contributed by atoms with Gasteiger partial charge >= 0.3 is 0 Å². The van der Waals surface area contributed by atoms with Crippen molar-refractivity contribution in [1.29, 1.82) is 0 Å². The lowest BCUT2D eigenvalue weighted by atomic mass is 10.2. The van der Waals surface area contributed by atoms with Crippen molar-refractivity contribution in [1.82, 2.24) is 5.32 Å². The van der Waals surface area contributed by atoms with Crippen LogP contribution in [0.4, 0.5) is 0 Å². The van der Waals surface area contributed by atoms with Crippen LogP contribution in [0.5, 0.6) is 0 Å². The molecule has 0 rings (SSSR count). The second kappa shape index (κ2) is 11.1. The van der Waals surface area contributed by atoms with Crippen molar-refractivity contribution < 1.29 is 4.79 Å². The van der Waals surface area contributed by atoms with Gasteiger partial charge in [-0.15, -0.1) is 12.3 Å². The largest absolute Gasteiger partial charge is 0.356 e. The first-order valence-corrected chi connectivity index (χ1v) is 5.71. The molecule has 0 saturated heterocycles. The summed E-state index contributed by atoms with van der Waals surface area (Å²) >= 11 is 0. The average Bonchev–Trinajstić information content (AvgIpc) is 2.24. The molecular weight excluding hydrogens is 188 g/mol. The topological polar surface area (TPSA) is 55.1 Å². The Morgan fingerprint density at radius 2 is 2.00 bits per heavy atom. The molecule has 3 nitrogen and oxygen atoms in total. The number of rotatable bonds is 9. The van der Waals surface area contributed by atoms with Gasteiger partial charge in [0.2, 0.25) is 5.91 Å². The number of nitrogens with one attached hydrogen (secondary N) is 1. The molecule has 0 aromatic rings. The lowest BCUT2D eigenvalue weighted by Crippen LogP contribution is -2.23. The molecule has 0 atom stereocenters. The molecule has 0 aliphatic carbocycles. The SMILES string of the molecule is C#CCCCCNC(=O)CCCCCN. The minimum Gasteiger partial charge on any atom is -0.356 e. The Kier molecular flexibility index (Phi) is 10.3. The van der Waals surface area contributed by atoms with Crippen LogP contribution in [0.2, 0.25) is 0 Å². The van der Waals surface area contributed by atoms with E-state index in [0.717, 1.165) is 45.1 Å². The van der Waals surface area contributed by atoms with Crippen molar-refractivity contribution in [2.24, 2.45) is 5.73 Å². The van der Waals surface area contributed by atoms with E-state index in [4.69, 9.17) is 12.2 Å². The molecule has 0 aliphatic rings. The zero-order valence-corrected chi connectivity index (χ0v) is 9.43. The molecule has 3 N–H and O–H groups in total. The monoisotopic (exact) mass is 210 g/mol. The standard InChI is InChI=1S/C12H22N2O/c1-2-3-4-8-11-14-12(15)9-6-5-7-10-13/h1H,3-11,13H2,(H,14,15). The molecule has 0 aromatic heterocycles. The highest BCUT2D eigenvalue weighted by Gasteiger charge is 1.99. The predicted molar refractivity (Wildman–Crippen MR) is 63.2 cm³/mol. The Hall–Kier alpha value is -1.01. The maximum Gasteiger partial charge on any atom is 0.219 e. The molecule has 0 unspecified atom stereocenters. The van der Waals surface area contributed by atoms with Crippen molar-refractivity contribution in [3.8, 4) is 12.3 Å². The van der Waals surface area contributed by atoms with Crippen LogP contribution in [-0.4, -0.2) is 19.0 Å². The molecule has 0 heterocycles. The van der Waals surface area contributed by atoms with Gasteiger partial charge in [0.25, 0.3) is 0 Å². The summed E-state index contributed by atoms with van der Waals surface area (Å²) in [6.07, 6.45) is 11.5. The summed E-state index contributed by atoms with van der Waals surface area (Å²) < 4.78 is 0. The van der Waals surface area contributed by atoms with Crippen LogP contribution >= 0.6 is 0 Å². The highest BCUT2D eigenvalue weighted by atomic mass is 16.1. The Labute approximate surface area is 92.8 Å². The zero-order valence-electron chi connectivity index (χ0n) is 9.43. The van der Waals surface area contributed by atoms with E-state index in [1.165, 1.54) is 0 Å². The summed E-state index contributed by atoms with van der Waals surface area (Å²) in [6.45, 7) is 1.46. The molecule has 0 saturated carbocycles. The molecule has 1 amide bonds. The molecule has 0 aromatic carbocycles. The third kappa shape index (κ3) is 10.9. The van der Waals surface area contributed by atoms with Crippen LogP contribution in [0.25, 0.3) is 0 Å². The molecule has 0 bridgehead atoms. The second-order valence-corrected chi connectivity index (χ2v) is 3.61. The van der Waals surface area contributed by atoms with Gasteiger partial charge in [0.15, 0.2) is 0 Å². The average molecular weight is 210 g/mol. The smallest absolute Gasteiger partial charge is 0.219 e. The second-order valence-electron chi connectivity index (χ2n) is 3.61. The van der Waals surface area contributed by atoms with Gasteiger partial charge < -0.3 is 11.1 Å². The number of terminal acetylenes is 1. The Morgan fingerprint density at radius 3 is 2.67 bits per heavy atom. The quantitative estimate of drug-likeness (QED) is 0.447. The van der Waals surface area contributed by atoms with Crippen molar-refractivity contribution in [2.45, 2.75) is 44.9 Å². The highest BCUT2D eigenvalue weighted by Crippen LogP contribution is 1.98. The van der Waals surface area contributed by atoms with E-state index in [-0.39, 0.29) is 5.91 Å². The summed E-state index contributed by atoms with van der Waals surface area (Å²) in [5, 5.41) is 2.88. The fourth-order valence-electron chi connectivity index (χ4n) is 1.27. The normalized spacial score (nSPS) is 9.60. The van der Waals surface area contributed by atoms with Gasteiger partial charge in [-0.1, -0.05) is 6.42 Å². The number of nitrogens with two attached hydrogens (primary N) is 1. The Morgan fingerprint density at radius 1 is 1.20 bits per heavy atom. The van der Waals surface area contributed by atoms with Gasteiger partial charge in [0, 0.05) is 19.4 Å². The molecule has 0 aliphatic heterocycles. The summed E-state index contributed by atoms with van der Waals surface area (Å²) in [4.78, 5) is 11.3. The van der Waals surface area contributed by atoms with E-state index >= 15 is 0 Å². The van der Waals surface area contributed by atoms with E-state index in [0.29, 0.717) is 13.0 Å². The van der Waals surface area contributed by atoms with E-state index in [9.17, 15) is 4.79 Å². The molecule has 0 spiro atoms. The first-order chi connectivity index (χ1) is 7.31. The summed E-state index contributed by atoms with van der Waals surface area (Å²) in [6, 6.07) is 0. The van der Waals surface area contributed by atoms with Gasteiger partial charge in [0.05, 0.1) is 0 Å². The van der Waals surface area contributed by atoms with Crippen molar-refractivity contribution in [3.63, 3.8) is 0 Å². The number of hydrogen-bond acceptors (Lipinski definition) is 2. The molecular formula is C12H22N2O. The Bertz CT molecular complexity index is 196. The number of unbranched alkanes of at least 4 members (excludes halogenated alkanes) is 4. The number of hydrogen-bond donors (Lipinski definition) is 2. The van der Waals surface area contributed by atoms with Gasteiger partial charge in [-0.3, -0.25) is 4.79 Å². The number of carbonyl (C=O) groups excluding carboxylic acids is 1. The fourth-order valence-corrected chi connectivity index (χ4v) is 1.27. The van der Waals surface area contributed by atoms with E-state index in [1.807, 2.05) is 0 Å². The first kappa shape index (κ1) is 14.0. The van der Waals surface area contributed by atoms with Crippen molar-refractivity contribution in [3.05, 3.63) is 0 Å².